The predicted octanol–water partition coefficient (Wildman–Crippen LogP) is 2.63. The molecule has 0 radical (unpaired) electrons. The second kappa shape index (κ2) is 8.26. The number of rotatable bonds is 5. The molecule has 7 heteroatoms. The Morgan fingerprint density at radius 2 is 2.00 bits per heavy atom. The Morgan fingerprint density at radius 1 is 1.24 bits per heavy atom. The van der Waals surface area contributed by atoms with Gasteiger partial charge in [0, 0.05) is 12.4 Å². The van der Waals surface area contributed by atoms with E-state index in [9.17, 15) is 14.9 Å². The standard InChI is InChI=1S/C18H16N4O3/c1-12-7-8-16(20-10-12)21-11-13(9-19)17(23)22-15-6-4-3-5-14(15)18(24)25-2/h3-8,10-11H,1-2H3,(H,20,21)(H,22,23)/b13-11-. The molecule has 2 rings (SSSR count). The van der Waals surface area contributed by atoms with E-state index < -0.39 is 11.9 Å². The lowest BCUT2D eigenvalue weighted by molar-refractivity contribution is -0.112. The lowest BCUT2D eigenvalue weighted by atomic mass is 10.1. The van der Waals surface area contributed by atoms with Crippen LogP contribution in [0.4, 0.5) is 11.5 Å². The number of hydrogen-bond acceptors (Lipinski definition) is 6. The monoisotopic (exact) mass is 336 g/mol. The van der Waals surface area contributed by atoms with Crippen molar-refractivity contribution in [3.05, 3.63) is 65.5 Å². The molecule has 0 atom stereocenters. The normalized spacial score (nSPS) is 10.5. The summed E-state index contributed by atoms with van der Waals surface area (Å²) in [6.45, 7) is 1.90. The number of ether oxygens (including phenoxy) is 1. The Morgan fingerprint density at radius 3 is 2.64 bits per heavy atom. The number of nitriles is 1. The quantitative estimate of drug-likeness (QED) is 0.494. The number of nitrogens with one attached hydrogen (secondary N) is 2. The summed E-state index contributed by atoms with van der Waals surface area (Å²) in [5, 5.41) is 14.5. The van der Waals surface area contributed by atoms with E-state index >= 15 is 0 Å². The van der Waals surface area contributed by atoms with E-state index in [1.54, 1.807) is 30.5 Å². The van der Waals surface area contributed by atoms with Crippen LogP contribution in [0.2, 0.25) is 0 Å². The van der Waals surface area contributed by atoms with Crippen LogP contribution in [0, 0.1) is 18.3 Å². The summed E-state index contributed by atoms with van der Waals surface area (Å²) in [5.74, 6) is -0.736. The third kappa shape index (κ3) is 4.65. The highest BCUT2D eigenvalue weighted by molar-refractivity contribution is 6.09. The topological polar surface area (TPSA) is 104 Å². The summed E-state index contributed by atoms with van der Waals surface area (Å²) in [7, 11) is 1.25. The molecule has 0 aliphatic rings. The van der Waals surface area contributed by atoms with Crippen molar-refractivity contribution in [2.24, 2.45) is 0 Å². The highest BCUT2D eigenvalue weighted by atomic mass is 16.5. The maximum absolute atomic E-state index is 12.3. The van der Waals surface area contributed by atoms with Crippen LogP contribution in [0.5, 0.6) is 0 Å². The van der Waals surface area contributed by atoms with E-state index in [0.29, 0.717) is 5.82 Å². The van der Waals surface area contributed by atoms with Gasteiger partial charge in [-0.05, 0) is 30.7 Å². The molecule has 0 unspecified atom stereocenters. The number of esters is 1. The first-order chi connectivity index (χ1) is 12.0. The molecule has 126 valence electrons. The molecule has 0 saturated heterocycles. The van der Waals surface area contributed by atoms with E-state index in [1.165, 1.54) is 19.4 Å². The number of amides is 1. The number of hydrogen-bond donors (Lipinski definition) is 2. The van der Waals surface area contributed by atoms with Crippen molar-refractivity contribution in [3.63, 3.8) is 0 Å². The summed E-state index contributed by atoms with van der Waals surface area (Å²) in [5.41, 5.74) is 1.28. The van der Waals surface area contributed by atoms with Gasteiger partial charge in [0.05, 0.1) is 18.4 Å². The van der Waals surface area contributed by atoms with Crippen LogP contribution in [0.25, 0.3) is 0 Å². The average Bonchev–Trinajstić information content (AvgIpc) is 2.63. The zero-order valence-electron chi connectivity index (χ0n) is 13.7. The van der Waals surface area contributed by atoms with Gasteiger partial charge in [0.2, 0.25) is 0 Å². The molecular formula is C18H16N4O3. The molecule has 0 saturated carbocycles. The summed E-state index contributed by atoms with van der Waals surface area (Å²) in [6, 6.07) is 11.8. The Balaban J connectivity index is 2.15. The van der Waals surface area contributed by atoms with Crippen LogP contribution < -0.4 is 10.6 Å². The maximum atomic E-state index is 12.3. The first kappa shape index (κ1) is 17.7. The first-order valence-corrected chi connectivity index (χ1v) is 7.33. The third-order valence-corrected chi connectivity index (χ3v) is 3.22. The minimum absolute atomic E-state index is 0.165. The summed E-state index contributed by atoms with van der Waals surface area (Å²) >= 11 is 0. The van der Waals surface area contributed by atoms with Gasteiger partial charge in [-0.3, -0.25) is 4.79 Å². The van der Waals surface area contributed by atoms with Crippen molar-refractivity contribution in [1.82, 2.24) is 4.98 Å². The second-order valence-electron chi connectivity index (χ2n) is 5.03. The van der Waals surface area contributed by atoms with E-state index in [0.717, 1.165) is 5.56 Å². The molecular weight excluding hydrogens is 320 g/mol. The molecule has 2 aromatic rings. The fourth-order valence-corrected chi connectivity index (χ4v) is 1.92. The number of anilines is 2. The molecule has 0 bridgehead atoms. The molecule has 7 nitrogen and oxygen atoms in total. The molecule has 0 aliphatic heterocycles. The number of benzene rings is 1. The number of aromatic nitrogens is 1. The first-order valence-electron chi connectivity index (χ1n) is 7.33. The number of para-hydroxylation sites is 1. The minimum Gasteiger partial charge on any atom is -0.465 e. The highest BCUT2D eigenvalue weighted by Gasteiger charge is 2.15. The van der Waals surface area contributed by atoms with Crippen molar-refractivity contribution in [2.75, 3.05) is 17.7 Å². The number of carbonyl (C=O) groups excluding carboxylic acids is 2. The number of methoxy groups -OCH3 is 1. The molecule has 1 aromatic heterocycles. The SMILES string of the molecule is COC(=O)c1ccccc1NC(=O)/C(C#N)=C\Nc1ccc(C)cn1. The molecule has 0 fully saturated rings. The van der Waals surface area contributed by atoms with Crippen molar-refractivity contribution in [1.29, 1.82) is 5.26 Å². The summed E-state index contributed by atoms with van der Waals surface area (Å²) in [4.78, 5) is 28.1. The zero-order valence-corrected chi connectivity index (χ0v) is 13.7. The molecule has 25 heavy (non-hydrogen) atoms. The smallest absolute Gasteiger partial charge is 0.339 e. The maximum Gasteiger partial charge on any atom is 0.339 e. The average molecular weight is 336 g/mol. The summed E-state index contributed by atoms with van der Waals surface area (Å²) in [6.07, 6.45) is 2.92. The fraction of sp³-hybridized carbons (Fsp3) is 0.111. The van der Waals surface area contributed by atoms with Crippen LogP contribution in [-0.2, 0) is 9.53 Å². The Labute approximate surface area is 145 Å². The number of carbonyl (C=O) groups is 2. The van der Waals surface area contributed by atoms with E-state index in [-0.39, 0.29) is 16.8 Å². The largest absolute Gasteiger partial charge is 0.465 e. The van der Waals surface area contributed by atoms with Gasteiger partial charge in [-0.25, -0.2) is 9.78 Å². The van der Waals surface area contributed by atoms with Gasteiger partial charge < -0.3 is 15.4 Å². The molecule has 1 aromatic carbocycles. The number of pyridine rings is 1. The Kier molecular flexibility index (Phi) is 5.85. The number of nitrogens with zero attached hydrogens (tertiary/aromatic N) is 2. The van der Waals surface area contributed by atoms with Crippen molar-refractivity contribution in [3.8, 4) is 6.07 Å². The van der Waals surface area contributed by atoms with Crippen molar-refractivity contribution < 1.29 is 14.3 Å². The second-order valence-corrected chi connectivity index (χ2v) is 5.03. The van der Waals surface area contributed by atoms with Crippen LogP contribution in [0.1, 0.15) is 15.9 Å². The minimum atomic E-state index is -0.654. The van der Waals surface area contributed by atoms with Crippen LogP contribution in [0.15, 0.2) is 54.4 Å². The van der Waals surface area contributed by atoms with Crippen LogP contribution in [-0.4, -0.2) is 24.0 Å². The Bertz CT molecular complexity index is 851. The number of aryl methyl sites for hydroxylation is 1. The van der Waals surface area contributed by atoms with Gasteiger partial charge in [-0.15, -0.1) is 0 Å². The van der Waals surface area contributed by atoms with Crippen LogP contribution in [0.3, 0.4) is 0 Å². The van der Waals surface area contributed by atoms with Crippen molar-refractivity contribution >= 4 is 23.4 Å². The lowest BCUT2D eigenvalue weighted by Gasteiger charge is -2.09. The van der Waals surface area contributed by atoms with E-state index in [4.69, 9.17) is 0 Å². The molecule has 0 aliphatic carbocycles. The lowest BCUT2D eigenvalue weighted by Crippen LogP contribution is -2.17. The van der Waals surface area contributed by atoms with Gasteiger partial charge >= 0.3 is 5.97 Å². The Hall–Kier alpha value is -3.66. The van der Waals surface area contributed by atoms with Gasteiger partial charge in [0.15, 0.2) is 0 Å². The summed E-state index contributed by atoms with van der Waals surface area (Å²) < 4.78 is 4.67. The third-order valence-electron chi connectivity index (χ3n) is 3.22. The van der Waals surface area contributed by atoms with Gasteiger partial charge in [0.25, 0.3) is 5.91 Å². The van der Waals surface area contributed by atoms with Gasteiger partial charge in [-0.2, -0.15) is 5.26 Å². The van der Waals surface area contributed by atoms with Gasteiger partial charge in [-0.1, -0.05) is 18.2 Å². The highest BCUT2D eigenvalue weighted by Crippen LogP contribution is 2.17. The van der Waals surface area contributed by atoms with Crippen LogP contribution >= 0.6 is 0 Å². The molecule has 1 heterocycles. The van der Waals surface area contributed by atoms with E-state index in [1.807, 2.05) is 19.1 Å². The molecule has 2 N–H and O–H groups in total. The molecule has 0 spiro atoms. The predicted molar refractivity (Wildman–Crippen MR) is 92.7 cm³/mol. The molecule has 1 amide bonds. The zero-order chi connectivity index (χ0) is 18.2. The van der Waals surface area contributed by atoms with Gasteiger partial charge in [0.1, 0.15) is 17.5 Å². The van der Waals surface area contributed by atoms with Crippen molar-refractivity contribution in [2.45, 2.75) is 6.92 Å². The fourth-order valence-electron chi connectivity index (χ4n) is 1.92. The van der Waals surface area contributed by atoms with E-state index in [2.05, 4.69) is 20.4 Å².